The molecule has 1 aliphatic heterocycles. The Morgan fingerprint density at radius 1 is 1.27 bits per heavy atom. The largest absolute Gasteiger partial charge is 0.477 e. The lowest BCUT2D eigenvalue weighted by molar-refractivity contribution is -0.227. The topological polar surface area (TPSA) is 87.8 Å². The predicted molar refractivity (Wildman–Crippen MR) is 113 cm³/mol. The summed E-state index contributed by atoms with van der Waals surface area (Å²) in [5.74, 6) is -1.04. The fourth-order valence-electron chi connectivity index (χ4n) is 5.36. The summed E-state index contributed by atoms with van der Waals surface area (Å²) >= 11 is 0. The molecule has 0 radical (unpaired) electrons. The molecule has 0 N–H and O–H groups in total. The molecule has 1 aromatic heterocycles. The van der Waals surface area contributed by atoms with Gasteiger partial charge in [0.25, 0.3) is 0 Å². The number of ether oxygens (including phenoxy) is 2. The number of carbonyl (C=O) groups excluding carboxylic acids is 1. The maximum Gasteiger partial charge on any atom is 0.249 e. The highest BCUT2D eigenvalue weighted by Crippen LogP contribution is 2.74. The standard InChI is InChI=1S/C24H22F2N4O3/c1-32-10-17-18(25)6-16(7-19(17)26)20-4-5-29-30(20)22(31)24-11-23(12-24,13-24)14-33-21-3-2-15(8-27)9-28-21/h2-3,5-7,9,20H,4,10-14H2,1H3. The Balaban J connectivity index is 1.23. The fraction of sp³-hybridized carbons (Fsp3) is 0.417. The van der Waals surface area contributed by atoms with Gasteiger partial charge in [0.15, 0.2) is 0 Å². The third-order valence-corrected chi connectivity index (χ3v) is 6.86. The number of carbonyl (C=O) groups is 1. The molecule has 170 valence electrons. The van der Waals surface area contributed by atoms with E-state index in [1.54, 1.807) is 18.3 Å². The zero-order valence-electron chi connectivity index (χ0n) is 18.1. The summed E-state index contributed by atoms with van der Waals surface area (Å²) in [5, 5.41) is 14.5. The van der Waals surface area contributed by atoms with E-state index in [0.29, 0.717) is 49.3 Å². The highest BCUT2D eigenvalue weighted by molar-refractivity contribution is 5.88. The van der Waals surface area contributed by atoms with E-state index in [1.165, 1.54) is 30.4 Å². The van der Waals surface area contributed by atoms with Gasteiger partial charge in [-0.2, -0.15) is 10.4 Å². The number of halogens is 2. The van der Waals surface area contributed by atoms with E-state index in [0.717, 1.165) is 0 Å². The molecule has 7 nitrogen and oxygen atoms in total. The van der Waals surface area contributed by atoms with Crippen LogP contribution in [-0.4, -0.2) is 35.8 Å². The van der Waals surface area contributed by atoms with Crippen molar-refractivity contribution in [2.45, 2.75) is 38.3 Å². The summed E-state index contributed by atoms with van der Waals surface area (Å²) in [7, 11) is 1.38. The van der Waals surface area contributed by atoms with Gasteiger partial charge in [-0.15, -0.1) is 0 Å². The number of amides is 1. The van der Waals surface area contributed by atoms with Gasteiger partial charge in [-0.3, -0.25) is 4.79 Å². The smallest absolute Gasteiger partial charge is 0.249 e. The van der Waals surface area contributed by atoms with Crippen molar-refractivity contribution in [1.29, 1.82) is 5.26 Å². The van der Waals surface area contributed by atoms with E-state index in [2.05, 4.69) is 10.1 Å². The minimum Gasteiger partial charge on any atom is -0.477 e. The number of rotatable bonds is 7. The second-order valence-electron chi connectivity index (χ2n) is 9.19. The summed E-state index contributed by atoms with van der Waals surface area (Å²) in [6, 6.07) is 7.32. The SMILES string of the molecule is COCc1c(F)cc(C2CC=NN2C(=O)C23CC(COc4ccc(C#N)cn4)(C2)C3)cc1F. The van der Waals surface area contributed by atoms with Crippen molar-refractivity contribution in [2.75, 3.05) is 13.7 Å². The third kappa shape index (κ3) is 3.55. The summed E-state index contributed by atoms with van der Waals surface area (Å²) in [5.41, 5.74) is 0.160. The molecule has 0 spiro atoms. The molecule has 6 rings (SSSR count). The number of benzene rings is 1. The van der Waals surface area contributed by atoms with Crippen molar-refractivity contribution < 1.29 is 23.0 Å². The van der Waals surface area contributed by atoms with Crippen molar-refractivity contribution in [1.82, 2.24) is 9.99 Å². The monoisotopic (exact) mass is 452 g/mol. The molecule has 1 aromatic carbocycles. The molecule has 1 atom stereocenters. The van der Waals surface area contributed by atoms with E-state index in [1.807, 2.05) is 6.07 Å². The minimum absolute atomic E-state index is 0.0653. The first kappa shape index (κ1) is 21.5. The quantitative estimate of drug-likeness (QED) is 0.636. The van der Waals surface area contributed by atoms with E-state index < -0.39 is 23.1 Å². The van der Waals surface area contributed by atoms with Gasteiger partial charge in [-0.1, -0.05) is 0 Å². The third-order valence-electron chi connectivity index (χ3n) is 6.86. The van der Waals surface area contributed by atoms with Gasteiger partial charge in [0, 0.05) is 43.0 Å². The van der Waals surface area contributed by atoms with Crippen LogP contribution in [0.4, 0.5) is 8.78 Å². The summed E-state index contributed by atoms with van der Waals surface area (Å²) in [6.45, 7) is 0.290. The van der Waals surface area contributed by atoms with Crippen LogP contribution >= 0.6 is 0 Å². The average molecular weight is 452 g/mol. The number of aromatic nitrogens is 1. The zero-order valence-corrected chi connectivity index (χ0v) is 18.1. The van der Waals surface area contributed by atoms with Crippen LogP contribution in [0.25, 0.3) is 0 Å². The lowest BCUT2D eigenvalue weighted by atomic mass is 9.35. The maximum atomic E-state index is 14.4. The van der Waals surface area contributed by atoms with Gasteiger partial charge in [-0.25, -0.2) is 18.8 Å². The summed E-state index contributed by atoms with van der Waals surface area (Å²) in [4.78, 5) is 17.4. The maximum absolute atomic E-state index is 14.4. The van der Waals surface area contributed by atoms with E-state index in [9.17, 15) is 13.6 Å². The molecule has 2 bridgehead atoms. The first-order chi connectivity index (χ1) is 15.9. The van der Waals surface area contributed by atoms with Crippen LogP contribution < -0.4 is 4.74 Å². The molecule has 2 aromatic rings. The van der Waals surface area contributed by atoms with Gasteiger partial charge in [0.2, 0.25) is 11.8 Å². The van der Waals surface area contributed by atoms with Crippen molar-refractivity contribution in [3.63, 3.8) is 0 Å². The number of hydrogen-bond donors (Lipinski definition) is 0. The zero-order chi connectivity index (χ0) is 23.2. The molecule has 3 aliphatic carbocycles. The van der Waals surface area contributed by atoms with E-state index in [-0.39, 0.29) is 23.5 Å². The summed E-state index contributed by atoms with van der Waals surface area (Å²) < 4.78 is 39.5. The lowest BCUT2D eigenvalue weighted by Gasteiger charge is -2.69. The van der Waals surface area contributed by atoms with Crippen LogP contribution in [-0.2, 0) is 16.1 Å². The lowest BCUT2D eigenvalue weighted by Crippen LogP contribution is -2.69. The molecule has 9 heteroatoms. The Morgan fingerprint density at radius 2 is 2.00 bits per heavy atom. The molecule has 2 heterocycles. The Kier molecular flexibility index (Phi) is 5.13. The number of methoxy groups -OCH3 is 1. The van der Waals surface area contributed by atoms with Gasteiger partial charge in [0.05, 0.1) is 30.2 Å². The number of nitrogens with zero attached hydrogens (tertiary/aromatic N) is 4. The molecule has 1 unspecified atom stereocenters. The first-order valence-corrected chi connectivity index (χ1v) is 10.7. The Bertz CT molecular complexity index is 1130. The highest BCUT2D eigenvalue weighted by Gasteiger charge is 2.73. The van der Waals surface area contributed by atoms with Crippen LogP contribution in [0.3, 0.4) is 0 Å². The molecule has 3 fully saturated rings. The van der Waals surface area contributed by atoms with Crippen LogP contribution in [0.2, 0.25) is 0 Å². The van der Waals surface area contributed by atoms with E-state index >= 15 is 0 Å². The highest BCUT2D eigenvalue weighted by atomic mass is 19.1. The van der Waals surface area contributed by atoms with Crippen LogP contribution in [0.5, 0.6) is 5.88 Å². The fourth-order valence-corrected chi connectivity index (χ4v) is 5.36. The van der Waals surface area contributed by atoms with Gasteiger partial charge < -0.3 is 9.47 Å². The number of hydrazone groups is 1. The predicted octanol–water partition coefficient (Wildman–Crippen LogP) is 3.89. The van der Waals surface area contributed by atoms with E-state index in [4.69, 9.17) is 14.7 Å². The second-order valence-corrected chi connectivity index (χ2v) is 9.19. The number of nitriles is 1. The van der Waals surface area contributed by atoms with Crippen LogP contribution in [0.15, 0.2) is 35.6 Å². The van der Waals surface area contributed by atoms with Gasteiger partial charge >= 0.3 is 0 Å². The first-order valence-electron chi connectivity index (χ1n) is 10.7. The number of pyridine rings is 1. The second kappa shape index (κ2) is 7.89. The molecular weight excluding hydrogens is 430 g/mol. The molecular formula is C24H22F2N4O3. The Hall–Kier alpha value is -3.38. The van der Waals surface area contributed by atoms with Crippen molar-refractivity contribution in [3.05, 3.63) is 58.8 Å². The minimum atomic E-state index is -0.691. The Labute approximate surface area is 189 Å². The van der Waals surface area contributed by atoms with Gasteiger partial charge in [0.1, 0.15) is 17.7 Å². The van der Waals surface area contributed by atoms with Gasteiger partial charge in [-0.05, 0) is 43.0 Å². The molecule has 3 saturated carbocycles. The van der Waals surface area contributed by atoms with Crippen LogP contribution in [0, 0.1) is 33.8 Å². The van der Waals surface area contributed by atoms with Crippen molar-refractivity contribution in [2.24, 2.45) is 15.9 Å². The van der Waals surface area contributed by atoms with Crippen molar-refractivity contribution >= 4 is 12.1 Å². The normalized spacial score (nSPS) is 27.0. The number of hydrogen-bond acceptors (Lipinski definition) is 6. The summed E-state index contributed by atoms with van der Waals surface area (Å²) in [6.07, 6.45) is 5.53. The molecule has 1 amide bonds. The molecule has 0 saturated heterocycles. The average Bonchev–Trinajstić information content (AvgIpc) is 3.24. The Morgan fingerprint density at radius 3 is 2.61 bits per heavy atom. The molecule has 4 aliphatic rings. The molecule has 33 heavy (non-hydrogen) atoms. The van der Waals surface area contributed by atoms with Crippen molar-refractivity contribution in [3.8, 4) is 11.9 Å². The van der Waals surface area contributed by atoms with Crippen LogP contribution in [0.1, 0.15) is 48.4 Å².